The van der Waals surface area contributed by atoms with Crippen LogP contribution in [0, 0.1) is 18.3 Å². The Morgan fingerprint density at radius 3 is 3.00 bits per heavy atom. The molecule has 1 heterocycles. The predicted molar refractivity (Wildman–Crippen MR) is 76.9 cm³/mol. The summed E-state index contributed by atoms with van der Waals surface area (Å²) in [6.45, 7) is 1.82. The van der Waals surface area contributed by atoms with E-state index >= 15 is 0 Å². The third-order valence-electron chi connectivity index (χ3n) is 2.95. The summed E-state index contributed by atoms with van der Waals surface area (Å²) >= 11 is 0. The van der Waals surface area contributed by atoms with E-state index in [9.17, 15) is 4.79 Å². The summed E-state index contributed by atoms with van der Waals surface area (Å²) in [4.78, 5) is 15.9. The fourth-order valence-corrected chi connectivity index (χ4v) is 1.80. The molecule has 3 N–H and O–H groups in total. The lowest BCUT2D eigenvalue weighted by Crippen LogP contribution is -2.15. The maximum Gasteiger partial charge on any atom is 0.228 e. The first-order valence-electron chi connectivity index (χ1n) is 6.09. The second-order valence-electron chi connectivity index (χ2n) is 4.44. The molecule has 0 aliphatic heterocycles. The fourth-order valence-electron chi connectivity index (χ4n) is 1.80. The number of carbonyl (C=O) groups excluding carboxylic acids is 1. The van der Waals surface area contributed by atoms with Crippen molar-refractivity contribution in [3.8, 4) is 6.07 Å². The molecule has 0 spiro atoms. The SMILES string of the molecule is Cc1c(N)cncc1NC(=O)Cc1cccc(C#N)c1. The van der Waals surface area contributed by atoms with Crippen molar-refractivity contribution in [2.45, 2.75) is 13.3 Å². The Morgan fingerprint density at radius 1 is 1.45 bits per heavy atom. The first kappa shape index (κ1) is 13.6. The number of anilines is 2. The van der Waals surface area contributed by atoms with Crippen LogP contribution >= 0.6 is 0 Å². The molecule has 0 saturated carbocycles. The monoisotopic (exact) mass is 266 g/mol. The van der Waals surface area contributed by atoms with Crippen LogP contribution < -0.4 is 11.1 Å². The second-order valence-corrected chi connectivity index (χ2v) is 4.44. The maximum atomic E-state index is 12.0. The molecule has 0 saturated heterocycles. The van der Waals surface area contributed by atoms with Gasteiger partial charge in [0, 0.05) is 0 Å². The van der Waals surface area contributed by atoms with E-state index in [-0.39, 0.29) is 12.3 Å². The number of nitrogens with zero attached hydrogens (tertiary/aromatic N) is 2. The third kappa shape index (κ3) is 3.12. The maximum absolute atomic E-state index is 12.0. The van der Waals surface area contributed by atoms with E-state index in [2.05, 4.69) is 10.3 Å². The minimum absolute atomic E-state index is 0.171. The number of rotatable bonds is 3. The zero-order valence-electron chi connectivity index (χ0n) is 11.1. The van der Waals surface area contributed by atoms with Gasteiger partial charge >= 0.3 is 0 Å². The van der Waals surface area contributed by atoms with Crippen molar-refractivity contribution in [2.24, 2.45) is 0 Å². The Kier molecular flexibility index (Phi) is 3.96. The molecule has 0 atom stereocenters. The average molecular weight is 266 g/mol. The number of nitrogens with one attached hydrogen (secondary N) is 1. The van der Waals surface area contributed by atoms with Gasteiger partial charge in [-0.3, -0.25) is 9.78 Å². The van der Waals surface area contributed by atoms with Crippen molar-refractivity contribution in [2.75, 3.05) is 11.1 Å². The summed E-state index contributed by atoms with van der Waals surface area (Å²) in [5, 5.41) is 11.6. The highest BCUT2D eigenvalue weighted by Gasteiger charge is 2.08. The normalized spacial score (nSPS) is 9.80. The van der Waals surface area contributed by atoms with Gasteiger partial charge in [-0.1, -0.05) is 12.1 Å². The van der Waals surface area contributed by atoms with Crippen molar-refractivity contribution in [1.29, 1.82) is 5.26 Å². The van der Waals surface area contributed by atoms with Crippen LogP contribution in [0.15, 0.2) is 36.7 Å². The van der Waals surface area contributed by atoms with Crippen molar-refractivity contribution < 1.29 is 4.79 Å². The summed E-state index contributed by atoms with van der Waals surface area (Å²) in [5.41, 5.74) is 8.99. The highest BCUT2D eigenvalue weighted by Crippen LogP contribution is 2.19. The molecule has 2 rings (SSSR count). The van der Waals surface area contributed by atoms with Crippen LogP contribution in [0.5, 0.6) is 0 Å². The topological polar surface area (TPSA) is 91.8 Å². The zero-order valence-corrected chi connectivity index (χ0v) is 11.1. The summed E-state index contributed by atoms with van der Waals surface area (Å²) in [6, 6.07) is 9.02. The lowest BCUT2D eigenvalue weighted by Gasteiger charge is -2.09. The van der Waals surface area contributed by atoms with Crippen LogP contribution in [0.25, 0.3) is 0 Å². The predicted octanol–water partition coefficient (Wildman–Crippen LogP) is 2.03. The Bertz CT molecular complexity index is 689. The van der Waals surface area contributed by atoms with Crippen LogP contribution in [-0.2, 0) is 11.2 Å². The van der Waals surface area contributed by atoms with Crippen LogP contribution in [-0.4, -0.2) is 10.9 Å². The van der Waals surface area contributed by atoms with Gasteiger partial charge in [-0.05, 0) is 30.2 Å². The van der Waals surface area contributed by atoms with Gasteiger partial charge in [0.2, 0.25) is 5.91 Å². The average Bonchev–Trinajstić information content (AvgIpc) is 2.44. The quantitative estimate of drug-likeness (QED) is 0.889. The lowest BCUT2D eigenvalue weighted by molar-refractivity contribution is -0.115. The van der Waals surface area contributed by atoms with E-state index in [1.165, 1.54) is 0 Å². The Labute approximate surface area is 117 Å². The fraction of sp³-hybridized carbons (Fsp3) is 0.133. The van der Waals surface area contributed by atoms with E-state index < -0.39 is 0 Å². The largest absolute Gasteiger partial charge is 0.397 e. The zero-order chi connectivity index (χ0) is 14.5. The smallest absolute Gasteiger partial charge is 0.228 e. The van der Waals surface area contributed by atoms with Crippen LogP contribution in [0.2, 0.25) is 0 Å². The molecule has 5 nitrogen and oxygen atoms in total. The van der Waals surface area contributed by atoms with Gasteiger partial charge in [0.1, 0.15) is 0 Å². The third-order valence-corrected chi connectivity index (χ3v) is 2.95. The Balaban J connectivity index is 2.09. The second kappa shape index (κ2) is 5.85. The molecule has 0 fully saturated rings. The number of nitrogen functional groups attached to an aromatic ring is 1. The van der Waals surface area contributed by atoms with Gasteiger partial charge < -0.3 is 11.1 Å². The molecule has 0 radical (unpaired) electrons. The molecule has 0 unspecified atom stereocenters. The number of amides is 1. The van der Waals surface area contributed by atoms with Gasteiger partial charge in [-0.25, -0.2) is 0 Å². The minimum Gasteiger partial charge on any atom is -0.397 e. The van der Waals surface area contributed by atoms with Crippen LogP contribution in [0.4, 0.5) is 11.4 Å². The van der Waals surface area contributed by atoms with Gasteiger partial charge in [0.05, 0.1) is 41.8 Å². The van der Waals surface area contributed by atoms with Crippen LogP contribution in [0.3, 0.4) is 0 Å². The molecule has 5 heteroatoms. The molecule has 20 heavy (non-hydrogen) atoms. The summed E-state index contributed by atoms with van der Waals surface area (Å²) < 4.78 is 0. The van der Waals surface area contributed by atoms with Crippen molar-refractivity contribution in [1.82, 2.24) is 4.98 Å². The van der Waals surface area contributed by atoms with E-state index in [0.717, 1.165) is 11.1 Å². The minimum atomic E-state index is -0.171. The number of nitrogens with two attached hydrogens (primary N) is 1. The van der Waals surface area contributed by atoms with Gasteiger partial charge in [0.15, 0.2) is 0 Å². The van der Waals surface area contributed by atoms with Crippen LogP contribution in [0.1, 0.15) is 16.7 Å². The molecule has 0 aliphatic carbocycles. The van der Waals surface area contributed by atoms with Gasteiger partial charge in [0.25, 0.3) is 0 Å². The van der Waals surface area contributed by atoms with E-state index in [4.69, 9.17) is 11.0 Å². The van der Waals surface area contributed by atoms with Gasteiger partial charge in [-0.2, -0.15) is 5.26 Å². The first-order valence-corrected chi connectivity index (χ1v) is 6.09. The molecule has 1 aromatic heterocycles. The highest BCUT2D eigenvalue weighted by atomic mass is 16.1. The Hall–Kier alpha value is -2.87. The summed E-state index contributed by atoms with van der Waals surface area (Å²) in [6.07, 6.45) is 3.31. The molecule has 0 aliphatic rings. The molecule has 1 aromatic carbocycles. The number of carbonyl (C=O) groups is 1. The standard InChI is InChI=1S/C15H14N4O/c1-10-13(17)8-18-9-14(10)19-15(20)6-11-3-2-4-12(5-11)7-16/h2-5,8-9H,6,17H2,1H3,(H,19,20). The molecule has 100 valence electrons. The molecule has 1 amide bonds. The van der Waals surface area contributed by atoms with E-state index in [0.29, 0.717) is 16.9 Å². The highest BCUT2D eigenvalue weighted by molar-refractivity contribution is 5.93. The van der Waals surface area contributed by atoms with E-state index in [1.54, 1.807) is 30.6 Å². The van der Waals surface area contributed by atoms with E-state index in [1.807, 2.05) is 19.1 Å². The number of benzene rings is 1. The number of hydrogen-bond acceptors (Lipinski definition) is 4. The van der Waals surface area contributed by atoms with Crippen molar-refractivity contribution >= 4 is 17.3 Å². The number of nitriles is 1. The van der Waals surface area contributed by atoms with Crippen molar-refractivity contribution in [3.63, 3.8) is 0 Å². The first-order chi connectivity index (χ1) is 9.60. The van der Waals surface area contributed by atoms with Crippen molar-refractivity contribution in [3.05, 3.63) is 53.3 Å². The molecular formula is C15H14N4O. The summed E-state index contributed by atoms with van der Waals surface area (Å²) in [7, 11) is 0. The van der Waals surface area contributed by atoms with Gasteiger partial charge in [-0.15, -0.1) is 0 Å². The molecule has 0 bridgehead atoms. The lowest BCUT2D eigenvalue weighted by atomic mass is 10.1. The number of pyridine rings is 1. The molecule has 2 aromatic rings. The summed E-state index contributed by atoms with van der Waals surface area (Å²) in [5.74, 6) is -0.171. The number of aromatic nitrogens is 1. The Morgan fingerprint density at radius 2 is 2.25 bits per heavy atom. The number of hydrogen-bond donors (Lipinski definition) is 2. The molecular weight excluding hydrogens is 252 g/mol.